The molecule has 8 heteroatoms. The third-order valence-electron chi connectivity index (χ3n) is 8.21. The first-order valence-electron chi connectivity index (χ1n) is 13.2. The Morgan fingerprint density at radius 2 is 1.89 bits per heavy atom. The fourth-order valence-corrected chi connectivity index (χ4v) is 6.06. The molecule has 2 saturated heterocycles. The summed E-state index contributed by atoms with van der Waals surface area (Å²) in [6.07, 6.45) is 9.88. The molecule has 3 aromatic heterocycles. The van der Waals surface area contributed by atoms with Gasteiger partial charge in [-0.3, -0.25) is 9.48 Å². The molecule has 2 N–H and O–H groups in total. The van der Waals surface area contributed by atoms with Crippen LogP contribution >= 0.6 is 0 Å². The van der Waals surface area contributed by atoms with Gasteiger partial charge in [-0.1, -0.05) is 18.2 Å². The van der Waals surface area contributed by atoms with Crippen LogP contribution in [0.2, 0.25) is 0 Å². The van der Waals surface area contributed by atoms with Gasteiger partial charge in [-0.2, -0.15) is 5.10 Å². The first-order valence-corrected chi connectivity index (χ1v) is 13.2. The summed E-state index contributed by atoms with van der Waals surface area (Å²) >= 11 is 0. The quantitative estimate of drug-likeness (QED) is 0.441. The number of nitrogens with zero attached hydrogens (tertiary/aromatic N) is 5. The summed E-state index contributed by atoms with van der Waals surface area (Å²) in [7, 11) is 1.91. The predicted molar refractivity (Wildman–Crippen MR) is 143 cm³/mol. The van der Waals surface area contributed by atoms with E-state index in [0.29, 0.717) is 17.6 Å². The minimum atomic E-state index is -0.402. The van der Waals surface area contributed by atoms with Crippen LogP contribution in [0.1, 0.15) is 47.2 Å². The Morgan fingerprint density at radius 3 is 2.62 bits per heavy atom. The molecule has 2 aliphatic heterocycles. The Morgan fingerprint density at radius 1 is 1.11 bits per heavy atom. The number of fused-ring (bicyclic) bond motifs is 3. The van der Waals surface area contributed by atoms with E-state index in [1.807, 2.05) is 56.8 Å². The number of pyridine rings is 2. The molecule has 188 valence electrons. The SMILES string of the molecule is Cc1cnc(N2CC3CCC(C2)N3)cc1C(=O)NC1(c2cc(-c3cnn(C)c3)nc3ccccc23)CC1. The number of carbonyl (C=O) groups is 1. The Hall–Kier alpha value is -3.78. The molecule has 2 bridgehead atoms. The number of rotatable bonds is 5. The van der Waals surface area contributed by atoms with Crippen LogP contribution < -0.4 is 15.5 Å². The number of anilines is 1. The molecule has 3 aliphatic rings. The number of nitrogens with one attached hydrogen (secondary N) is 2. The van der Waals surface area contributed by atoms with Crippen LogP contribution in [0.5, 0.6) is 0 Å². The summed E-state index contributed by atoms with van der Waals surface area (Å²) in [6.45, 7) is 3.85. The lowest BCUT2D eigenvalue weighted by Gasteiger charge is -2.34. The van der Waals surface area contributed by atoms with Crippen molar-refractivity contribution >= 4 is 22.6 Å². The van der Waals surface area contributed by atoms with Crippen LogP contribution in [-0.2, 0) is 12.6 Å². The molecule has 7 rings (SSSR count). The maximum Gasteiger partial charge on any atom is 0.252 e. The Kier molecular flexibility index (Phi) is 5.08. The maximum absolute atomic E-state index is 13.8. The lowest BCUT2D eigenvalue weighted by molar-refractivity contribution is 0.0930. The molecule has 8 nitrogen and oxygen atoms in total. The van der Waals surface area contributed by atoms with Crippen LogP contribution in [0, 0.1) is 6.92 Å². The van der Waals surface area contributed by atoms with Crippen LogP contribution in [0.25, 0.3) is 22.2 Å². The lowest BCUT2D eigenvalue weighted by atomic mass is 9.97. The van der Waals surface area contributed by atoms with Gasteiger partial charge in [-0.15, -0.1) is 0 Å². The summed E-state index contributed by atoms with van der Waals surface area (Å²) in [4.78, 5) is 25.7. The molecule has 2 unspecified atom stereocenters. The number of piperazine rings is 1. The normalized spacial score (nSPS) is 21.8. The van der Waals surface area contributed by atoms with E-state index in [1.54, 1.807) is 4.68 Å². The number of aromatic nitrogens is 4. The second-order valence-electron chi connectivity index (χ2n) is 10.9. The zero-order valence-corrected chi connectivity index (χ0v) is 21.2. The molecular formula is C29H31N7O. The molecule has 0 radical (unpaired) electrons. The highest BCUT2D eigenvalue weighted by Gasteiger charge is 2.47. The summed E-state index contributed by atoms with van der Waals surface area (Å²) < 4.78 is 1.79. The Bertz CT molecular complexity index is 1510. The fraction of sp³-hybridized carbons (Fsp3) is 0.379. The van der Waals surface area contributed by atoms with Gasteiger partial charge in [0.05, 0.1) is 22.9 Å². The third kappa shape index (κ3) is 3.96. The highest BCUT2D eigenvalue weighted by Crippen LogP contribution is 2.49. The van der Waals surface area contributed by atoms with Crippen LogP contribution in [0.3, 0.4) is 0 Å². The molecule has 5 heterocycles. The summed E-state index contributed by atoms with van der Waals surface area (Å²) in [5, 5.41) is 12.5. The van der Waals surface area contributed by atoms with E-state index in [-0.39, 0.29) is 5.91 Å². The van der Waals surface area contributed by atoms with Gasteiger partial charge in [-0.05, 0) is 61.9 Å². The lowest BCUT2D eigenvalue weighted by Crippen LogP contribution is -2.51. The van der Waals surface area contributed by atoms with Gasteiger partial charge < -0.3 is 15.5 Å². The van der Waals surface area contributed by atoms with E-state index in [1.165, 1.54) is 12.8 Å². The molecule has 1 amide bonds. The highest BCUT2D eigenvalue weighted by molar-refractivity contribution is 5.98. The van der Waals surface area contributed by atoms with E-state index in [0.717, 1.165) is 65.0 Å². The van der Waals surface area contributed by atoms with Crippen molar-refractivity contribution in [2.45, 2.75) is 50.2 Å². The van der Waals surface area contributed by atoms with Crippen molar-refractivity contribution in [3.63, 3.8) is 0 Å². The maximum atomic E-state index is 13.8. The van der Waals surface area contributed by atoms with Crippen LogP contribution in [0.4, 0.5) is 5.82 Å². The molecule has 3 fully saturated rings. The molecule has 37 heavy (non-hydrogen) atoms. The van der Waals surface area contributed by atoms with E-state index < -0.39 is 5.54 Å². The molecule has 4 aromatic rings. The van der Waals surface area contributed by atoms with E-state index in [4.69, 9.17) is 9.97 Å². The van der Waals surface area contributed by atoms with Gasteiger partial charge in [0.2, 0.25) is 0 Å². The second-order valence-corrected chi connectivity index (χ2v) is 10.9. The van der Waals surface area contributed by atoms with E-state index in [9.17, 15) is 4.79 Å². The largest absolute Gasteiger partial charge is 0.353 e. The molecule has 2 atom stereocenters. The summed E-state index contributed by atoms with van der Waals surface area (Å²) in [6, 6.07) is 13.3. The van der Waals surface area contributed by atoms with Crippen molar-refractivity contribution in [2.24, 2.45) is 7.05 Å². The molecular weight excluding hydrogens is 462 g/mol. The number of amides is 1. The number of carbonyl (C=O) groups excluding carboxylic acids is 1. The number of benzene rings is 1. The van der Waals surface area contributed by atoms with Crippen molar-refractivity contribution in [3.05, 3.63) is 71.7 Å². The minimum absolute atomic E-state index is 0.0411. The first kappa shape index (κ1) is 22.4. The van der Waals surface area contributed by atoms with Crippen LogP contribution in [-0.4, -0.2) is 50.8 Å². The standard InChI is InChI=1S/C29H31N7O/c1-18-13-30-27(36-16-20-7-8-21(17-36)32-20)11-23(18)28(37)34-29(9-10-29)24-12-26(19-14-31-35(2)15-19)33-25-6-4-3-5-22(24)25/h3-6,11-15,20-21,32H,7-10,16-17H2,1-2H3,(H,34,37). The van der Waals surface area contributed by atoms with Gasteiger partial charge in [0.15, 0.2) is 0 Å². The smallest absolute Gasteiger partial charge is 0.252 e. The monoisotopic (exact) mass is 493 g/mol. The number of para-hydroxylation sites is 1. The van der Waals surface area contributed by atoms with Crippen molar-refractivity contribution in [2.75, 3.05) is 18.0 Å². The van der Waals surface area contributed by atoms with E-state index in [2.05, 4.69) is 32.8 Å². The predicted octanol–water partition coefficient (Wildman–Crippen LogP) is 3.70. The van der Waals surface area contributed by atoms with Crippen molar-refractivity contribution in [3.8, 4) is 11.3 Å². The average molecular weight is 494 g/mol. The Balaban J connectivity index is 1.22. The zero-order valence-electron chi connectivity index (χ0n) is 21.2. The minimum Gasteiger partial charge on any atom is -0.353 e. The average Bonchev–Trinajstić information content (AvgIpc) is 3.42. The highest BCUT2D eigenvalue weighted by atomic mass is 16.1. The fourth-order valence-electron chi connectivity index (χ4n) is 6.06. The van der Waals surface area contributed by atoms with Crippen molar-refractivity contribution < 1.29 is 4.79 Å². The zero-order chi connectivity index (χ0) is 25.1. The van der Waals surface area contributed by atoms with Gasteiger partial charge in [-0.25, -0.2) is 9.97 Å². The van der Waals surface area contributed by atoms with Gasteiger partial charge in [0.25, 0.3) is 5.91 Å². The van der Waals surface area contributed by atoms with Crippen LogP contribution in [0.15, 0.2) is 55.0 Å². The number of hydrogen-bond acceptors (Lipinski definition) is 6. The molecule has 1 aromatic carbocycles. The molecule has 0 spiro atoms. The second kappa shape index (κ2) is 8.38. The summed E-state index contributed by atoms with van der Waals surface area (Å²) in [5.74, 6) is 0.854. The van der Waals surface area contributed by atoms with E-state index >= 15 is 0 Å². The number of hydrogen-bond donors (Lipinski definition) is 2. The first-order chi connectivity index (χ1) is 18.0. The van der Waals surface area contributed by atoms with Crippen molar-refractivity contribution in [1.29, 1.82) is 0 Å². The van der Waals surface area contributed by atoms with Crippen molar-refractivity contribution in [1.82, 2.24) is 30.4 Å². The van der Waals surface area contributed by atoms with Gasteiger partial charge >= 0.3 is 0 Å². The topological polar surface area (TPSA) is 88.0 Å². The van der Waals surface area contributed by atoms with Gasteiger partial charge in [0.1, 0.15) is 5.82 Å². The van der Waals surface area contributed by atoms with Gasteiger partial charge in [0, 0.05) is 61.1 Å². The molecule has 1 saturated carbocycles. The Labute approximate surface area is 216 Å². The molecule has 1 aliphatic carbocycles. The summed E-state index contributed by atoms with van der Waals surface area (Å²) in [5.41, 5.74) is 5.08. The third-order valence-corrected chi connectivity index (χ3v) is 8.21. The number of aryl methyl sites for hydroxylation is 2.